The molecule has 1 heterocycles. The third kappa shape index (κ3) is 5.25. The number of fused-ring (bicyclic) bond motifs is 1. The van der Waals surface area contributed by atoms with Crippen molar-refractivity contribution in [2.24, 2.45) is 0 Å². The summed E-state index contributed by atoms with van der Waals surface area (Å²) in [5.74, 6) is 0.0152. The second-order valence-electron chi connectivity index (χ2n) is 9.61. The molecule has 4 nitrogen and oxygen atoms in total. The van der Waals surface area contributed by atoms with Gasteiger partial charge in [0.15, 0.2) is 0 Å². The fourth-order valence-corrected chi connectivity index (χ4v) is 4.39. The molecule has 5 heteroatoms. The summed E-state index contributed by atoms with van der Waals surface area (Å²) in [5.41, 5.74) is 4.75. The van der Waals surface area contributed by atoms with Crippen LogP contribution in [0, 0.1) is 12.7 Å². The van der Waals surface area contributed by atoms with E-state index in [1.807, 2.05) is 45.0 Å². The molecule has 3 aromatic carbocycles. The Labute approximate surface area is 195 Å². The Hall–Kier alpha value is -3.18. The molecule has 0 saturated heterocycles. The minimum atomic E-state index is -0.664. The summed E-state index contributed by atoms with van der Waals surface area (Å²) in [6.45, 7) is 9.44. The first-order valence-electron chi connectivity index (χ1n) is 11.4. The third-order valence-electron chi connectivity index (χ3n) is 5.84. The normalized spacial score (nSPS) is 16.5. The first-order valence-corrected chi connectivity index (χ1v) is 11.4. The maximum atomic E-state index is 14.3. The predicted octanol–water partition coefficient (Wildman–Crippen LogP) is 5.65. The summed E-state index contributed by atoms with van der Waals surface area (Å²) >= 11 is 0. The lowest BCUT2D eigenvalue weighted by Crippen LogP contribution is -2.47. The molecule has 172 valence electrons. The summed E-state index contributed by atoms with van der Waals surface area (Å²) < 4.78 is 20.2. The van der Waals surface area contributed by atoms with Crippen LogP contribution in [0.3, 0.4) is 0 Å². The van der Waals surface area contributed by atoms with Crippen molar-refractivity contribution < 1.29 is 13.9 Å². The minimum Gasteiger partial charge on any atom is -0.492 e. The summed E-state index contributed by atoms with van der Waals surface area (Å²) in [4.78, 5) is 15.6. The van der Waals surface area contributed by atoms with Crippen LogP contribution in [0.2, 0.25) is 0 Å². The van der Waals surface area contributed by atoms with Crippen molar-refractivity contribution in [2.45, 2.75) is 45.8 Å². The van der Waals surface area contributed by atoms with Gasteiger partial charge in [-0.1, -0.05) is 48.5 Å². The number of carbonyl (C=O) groups excluding carboxylic acids is 1. The van der Waals surface area contributed by atoms with E-state index in [1.54, 1.807) is 6.07 Å². The molecule has 0 fully saturated rings. The lowest BCUT2D eigenvalue weighted by atomic mass is 9.94. The Morgan fingerprint density at radius 2 is 1.76 bits per heavy atom. The largest absolute Gasteiger partial charge is 0.492 e. The van der Waals surface area contributed by atoms with E-state index < -0.39 is 11.6 Å². The Kier molecular flexibility index (Phi) is 6.52. The topological polar surface area (TPSA) is 41.6 Å². The fourth-order valence-electron chi connectivity index (χ4n) is 4.39. The highest BCUT2D eigenvalue weighted by Gasteiger charge is 2.34. The van der Waals surface area contributed by atoms with Gasteiger partial charge < -0.3 is 10.1 Å². The molecule has 1 amide bonds. The average Bonchev–Trinajstić information content (AvgIpc) is 2.92. The number of hydrogen-bond acceptors (Lipinski definition) is 3. The van der Waals surface area contributed by atoms with Crippen molar-refractivity contribution in [3.8, 4) is 16.9 Å². The number of rotatable bonds is 4. The molecule has 33 heavy (non-hydrogen) atoms. The molecule has 0 aromatic heterocycles. The Morgan fingerprint density at radius 1 is 1.06 bits per heavy atom. The molecule has 1 aliphatic rings. The molecule has 0 aliphatic carbocycles. The molecule has 0 radical (unpaired) electrons. The second kappa shape index (κ2) is 9.36. The van der Waals surface area contributed by atoms with Crippen LogP contribution in [-0.2, 0) is 11.3 Å². The second-order valence-corrected chi connectivity index (χ2v) is 9.61. The molecule has 4 rings (SSSR count). The predicted molar refractivity (Wildman–Crippen MR) is 130 cm³/mol. The number of ether oxygens (including phenoxy) is 1. The molecule has 0 saturated carbocycles. The van der Waals surface area contributed by atoms with Gasteiger partial charge in [-0.3, -0.25) is 9.69 Å². The highest BCUT2D eigenvalue weighted by molar-refractivity contribution is 5.85. The average molecular weight is 447 g/mol. The van der Waals surface area contributed by atoms with Crippen molar-refractivity contribution in [3.63, 3.8) is 0 Å². The lowest BCUT2D eigenvalue weighted by molar-refractivity contribution is -0.128. The number of carbonyl (C=O) groups is 1. The number of aryl methyl sites for hydroxylation is 1. The van der Waals surface area contributed by atoms with E-state index >= 15 is 0 Å². The zero-order valence-corrected chi connectivity index (χ0v) is 19.7. The molecule has 1 unspecified atom stereocenters. The van der Waals surface area contributed by atoms with Crippen LogP contribution in [0.15, 0.2) is 66.7 Å². The third-order valence-corrected chi connectivity index (χ3v) is 5.84. The Morgan fingerprint density at radius 3 is 2.48 bits per heavy atom. The molecular weight excluding hydrogens is 415 g/mol. The highest BCUT2D eigenvalue weighted by atomic mass is 19.1. The van der Waals surface area contributed by atoms with Crippen molar-refractivity contribution >= 4 is 5.91 Å². The van der Waals surface area contributed by atoms with Gasteiger partial charge in [0.2, 0.25) is 5.91 Å². The Balaban J connectivity index is 1.76. The number of amides is 1. The van der Waals surface area contributed by atoms with Crippen LogP contribution >= 0.6 is 0 Å². The summed E-state index contributed by atoms with van der Waals surface area (Å²) in [7, 11) is 0. The van der Waals surface area contributed by atoms with Gasteiger partial charge in [-0.25, -0.2) is 4.39 Å². The standard InChI is InChI=1S/C28H31FN2O2/c1-19-9-5-7-11-22(19)23-12-8-6-10-20(23)18-31-15-16-33-25-14-13-21(29)17-24(25)26(31)27(32)30-28(2,3)4/h5-14,17,26H,15-16,18H2,1-4H3,(H,30,32). The summed E-state index contributed by atoms with van der Waals surface area (Å²) in [6.07, 6.45) is 0. The van der Waals surface area contributed by atoms with E-state index in [0.29, 0.717) is 31.0 Å². The van der Waals surface area contributed by atoms with Crippen LogP contribution in [0.4, 0.5) is 4.39 Å². The molecule has 1 atom stereocenters. The van der Waals surface area contributed by atoms with E-state index in [4.69, 9.17) is 4.74 Å². The zero-order chi connectivity index (χ0) is 23.6. The van der Waals surface area contributed by atoms with E-state index in [9.17, 15) is 9.18 Å². The number of nitrogens with zero attached hydrogens (tertiary/aromatic N) is 1. The van der Waals surface area contributed by atoms with E-state index in [-0.39, 0.29) is 11.7 Å². The fraction of sp³-hybridized carbons (Fsp3) is 0.321. The smallest absolute Gasteiger partial charge is 0.242 e. The van der Waals surface area contributed by atoms with Crippen LogP contribution in [0.5, 0.6) is 5.75 Å². The first-order chi connectivity index (χ1) is 15.7. The van der Waals surface area contributed by atoms with Crippen LogP contribution < -0.4 is 10.1 Å². The molecule has 0 spiro atoms. The summed E-state index contributed by atoms with van der Waals surface area (Å²) in [5, 5.41) is 3.09. The zero-order valence-electron chi connectivity index (χ0n) is 19.7. The van der Waals surface area contributed by atoms with Crippen LogP contribution in [0.1, 0.15) is 43.5 Å². The monoisotopic (exact) mass is 446 g/mol. The van der Waals surface area contributed by atoms with Crippen molar-refractivity contribution in [1.29, 1.82) is 0 Å². The van der Waals surface area contributed by atoms with E-state index in [1.165, 1.54) is 23.3 Å². The van der Waals surface area contributed by atoms with Gasteiger partial charge in [-0.05, 0) is 68.1 Å². The van der Waals surface area contributed by atoms with Crippen LogP contribution in [0.25, 0.3) is 11.1 Å². The molecule has 1 N–H and O–H groups in total. The minimum absolute atomic E-state index is 0.159. The quantitative estimate of drug-likeness (QED) is 0.563. The lowest BCUT2D eigenvalue weighted by Gasteiger charge is -2.32. The molecule has 3 aromatic rings. The number of hydrogen-bond donors (Lipinski definition) is 1. The van der Waals surface area contributed by atoms with Gasteiger partial charge in [0.25, 0.3) is 0 Å². The van der Waals surface area contributed by atoms with Crippen molar-refractivity contribution in [2.75, 3.05) is 13.2 Å². The van der Waals surface area contributed by atoms with Crippen LogP contribution in [-0.4, -0.2) is 29.5 Å². The Bertz CT molecular complexity index is 1150. The molecule has 0 bridgehead atoms. The van der Waals surface area contributed by atoms with Gasteiger partial charge >= 0.3 is 0 Å². The summed E-state index contributed by atoms with van der Waals surface area (Å²) in [6, 6.07) is 20.3. The van der Waals surface area contributed by atoms with Gasteiger partial charge in [0.05, 0.1) is 0 Å². The molecule has 1 aliphatic heterocycles. The van der Waals surface area contributed by atoms with Gasteiger partial charge in [-0.15, -0.1) is 0 Å². The van der Waals surface area contributed by atoms with E-state index in [2.05, 4.69) is 41.4 Å². The maximum Gasteiger partial charge on any atom is 0.242 e. The van der Waals surface area contributed by atoms with Crippen molar-refractivity contribution in [1.82, 2.24) is 10.2 Å². The number of nitrogens with one attached hydrogen (secondary N) is 1. The maximum absolute atomic E-state index is 14.3. The molecular formula is C28H31FN2O2. The number of halogens is 1. The number of benzene rings is 3. The SMILES string of the molecule is Cc1ccccc1-c1ccccc1CN1CCOc2ccc(F)cc2C1C(=O)NC(C)(C)C. The van der Waals surface area contributed by atoms with Gasteiger partial charge in [0.1, 0.15) is 24.2 Å². The highest BCUT2D eigenvalue weighted by Crippen LogP contribution is 2.36. The van der Waals surface area contributed by atoms with Gasteiger partial charge in [0, 0.05) is 24.2 Å². The van der Waals surface area contributed by atoms with Crippen molar-refractivity contribution in [3.05, 3.63) is 89.2 Å². The van der Waals surface area contributed by atoms with Gasteiger partial charge in [-0.2, -0.15) is 0 Å². The van der Waals surface area contributed by atoms with E-state index in [0.717, 1.165) is 11.1 Å². The first kappa shape index (κ1) is 23.0.